The van der Waals surface area contributed by atoms with E-state index in [1.807, 2.05) is 17.1 Å². The maximum atomic E-state index is 5.69. The molecule has 0 aromatic carbocycles. The molecular weight excluding hydrogens is 182 g/mol. The van der Waals surface area contributed by atoms with E-state index in [2.05, 4.69) is 25.9 Å². The Hall–Kier alpha value is -0.480. The Kier molecular flexibility index (Phi) is 3.03. The molecule has 3 nitrogen and oxygen atoms in total. The molecule has 0 spiro atoms. The molecule has 0 saturated heterocycles. The van der Waals surface area contributed by atoms with Crippen molar-refractivity contribution in [3.63, 3.8) is 0 Å². The summed E-state index contributed by atoms with van der Waals surface area (Å²) in [4.78, 5) is 1.18. The molecule has 13 heavy (non-hydrogen) atoms. The maximum Gasteiger partial charge on any atom is 0.0661 e. The van der Waals surface area contributed by atoms with Crippen LogP contribution in [-0.2, 0) is 12.1 Å². The second-order valence-corrected chi connectivity index (χ2v) is 4.79. The van der Waals surface area contributed by atoms with Crippen LogP contribution in [0.5, 0.6) is 0 Å². The van der Waals surface area contributed by atoms with E-state index in [9.17, 15) is 0 Å². The third-order valence-electron chi connectivity index (χ3n) is 1.88. The Labute approximate surface area is 83.7 Å². The molecule has 1 aromatic heterocycles. The summed E-state index contributed by atoms with van der Waals surface area (Å²) in [5.74, 6) is 0. The molecule has 0 saturated carbocycles. The first-order valence-corrected chi connectivity index (χ1v) is 5.54. The Bertz CT molecular complexity index is 286. The van der Waals surface area contributed by atoms with E-state index in [0.717, 1.165) is 5.69 Å². The quantitative estimate of drug-likeness (QED) is 0.739. The van der Waals surface area contributed by atoms with Gasteiger partial charge >= 0.3 is 0 Å². The number of aromatic nitrogens is 2. The Morgan fingerprint density at radius 1 is 1.54 bits per heavy atom. The smallest absolute Gasteiger partial charge is 0.0661 e. The van der Waals surface area contributed by atoms with Crippen LogP contribution >= 0.6 is 11.8 Å². The summed E-state index contributed by atoms with van der Waals surface area (Å²) >= 11 is 1.69. The van der Waals surface area contributed by atoms with Crippen molar-refractivity contribution in [2.24, 2.45) is 5.73 Å². The van der Waals surface area contributed by atoms with E-state index < -0.39 is 0 Å². The van der Waals surface area contributed by atoms with E-state index >= 15 is 0 Å². The maximum absolute atomic E-state index is 5.69. The van der Waals surface area contributed by atoms with Crippen LogP contribution in [0.25, 0.3) is 0 Å². The number of rotatable bonds is 2. The Balaban J connectivity index is 3.16. The van der Waals surface area contributed by atoms with Gasteiger partial charge in [0.2, 0.25) is 0 Å². The predicted octanol–water partition coefficient (Wildman–Crippen LogP) is 1.82. The van der Waals surface area contributed by atoms with Crippen LogP contribution in [0.15, 0.2) is 11.1 Å². The van der Waals surface area contributed by atoms with Gasteiger partial charge in [0.15, 0.2) is 0 Å². The van der Waals surface area contributed by atoms with E-state index in [1.54, 1.807) is 11.8 Å². The summed E-state index contributed by atoms with van der Waals surface area (Å²) in [6.45, 7) is 6.93. The van der Waals surface area contributed by atoms with E-state index in [4.69, 9.17) is 5.73 Å². The topological polar surface area (TPSA) is 43.8 Å². The third-order valence-corrected chi connectivity index (χ3v) is 2.66. The molecule has 0 unspecified atom stereocenters. The molecule has 1 rings (SSSR count). The molecule has 0 aliphatic rings. The van der Waals surface area contributed by atoms with Gasteiger partial charge < -0.3 is 5.73 Å². The summed E-state index contributed by atoms with van der Waals surface area (Å²) in [6.07, 6.45) is 3.93. The average Bonchev–Trinajstić information content (AvgIpc) is 2.45. The number of nitrogens with zero attached hydrogens (tertiary/aromatic N) is 2. The summed E-state index contributed by atoms with van der Waals surface area (Å²) in [6, 6.07) is 0. The number of hydrogen-bond acceptors (Lipinski definition) is 3. The van der Waals surface area contributed by atoms with Gasteiger partial charge in [-0.25, -0.2) is 0 Å². The number of nitrogens with two attached hydrogens (primary N) is 1. The van der Waals surface area contributed by atoms with Gasteiger partial charge in [-0.3, -0.25) is 4.68 Å². The first kappa shape index (κ1) is 10.6. The van der Waals surface area contributed by atoms with Gasteiger partial charge in [0.25, 0.3) is 0 Å². The SMILES string of the molecule is CSc1cnn(C(C)(C)C)c1CN. The second-order valence-electron chi connectivity index (χ2n) is 3.95. The van der Waals surface area contributed by atoms with E-state index in [-0.39, 0.29) is 5.54 Å². The predicted molar refractivity (Wildman–Crippen MR) is 56.9 cm³/mol. The fourth-order valence-electron chi connectivity index (χ4n) is 1.29. The van der Waals surface area contributed by atoms with Crippen LogP contribution < -0.4 is 5.73 Å². The Morgan fingerprint density at radius 2 is 2.15 bits per heavy atom. The van der Waals surface area contributed by atoms with Gasteiger partial charge in [0, 0.05) is 11.4 Å². The highest BCUT2D eigenvalue weighted by atomic mass is 32.2. The van der Waals surface area contributed by atoms with Crippen molar-refractivity contribution in [2.45, 2.75) is 37.8 Å². The van der Waals surface area contributed by atoms with Gasteiger partial charge in [0.05, 0.1) is 17.4 Å². The molecular formula is C9H17N3S. The van der Waals surface area contributed by atoms with E-state index in [1.165, 1.54) is 4.90 Å². The lowest BCUT2D eigenvalue weighted by atomic mass is 10.1. The lowest BCUT2D eigenvalue weighted by Crippen LogP contribution is -2.26. The summed E-state index contributed by atoms with van der Waals surface area (Å²) in [5.41, 5.74) is 6.84. The fourth-order valence-corrected chi connectivity index (χ4v) is 1.85. The molecule has 0 aliphatic carbocycles. The zero-order valence-corrected chi connectivity index (χ0v) is 9.48. The summed E-state index contributed by atoms with van der Waals surface area (Å²) in [5, 5.41) is 4.34. The zero-order chi connectivity index (χ0) is 10.1. The Morgan fingerprint density at radius 3 is 2.54 bits per heavy atom. The van der Waals surface area contributed by atoms with Crippen LogP contribution in [0.3, 0.4) is 0 Å². The molecule has 74 valence electrons. The van der Waals surface area contributed by atoms with Gasteiger partial charge in [-0.05, 0) is 27.0 Å². The van der Waals surface area contributed by atoms with Crippen LogP contribution in [0.2, 0.25) is 0 Å². The van der Waals surface area contributed by atoms with Crippen molar-refractivity contribution < 1.29 is 0 Å². The first-order chi connectivity index (χ1) is 6.00. The fraction of sp³-hybridized carbons (Fsp3) is 0.667. The summed E-state index contributed by atoms with van der Waals surface area (Å²) < 4.78 is 2.00. The highest BCUT2D eigenvalue weighted by molar-refractivity contribution is 7.98. The normalized spacial score (nSPS) is 12.1. The third kappa shape index (κ3) is 2.06. The molecule has 0 bridgehead atoms. The van der Waals surface area contributed by atoms with E-state index in [0.29, 0.717) is 6.54 Å². The molecule has 1 heterocycles. The van der Waals surface area contributed by atoms with Crippen LogP contribution in [-0.4, -0.2) is 16.0 Å². The van der Waals surface area contributed by atoms with Gasteiger partial charge in [-0.1, -0.05) is 0 Å². The van der Waals surface area contributed by atoms with Crippen molar-refractivity contribution in [2.75, 3.05) is 6.26 Å². The van der Waals surface area contributed by atoms with Gasteiger partial charge in [0.1, 0.15) is 0 Å². The van der Waals surface area contributed by atoms with Crippen LogP contribution in [0.1, 0.15) is 26.5 Å². The molecule has 0 radical (unpaired) electrons. The van der Waals surface area contributed by atoms with Crippen molar-refractivity contribution in [1.29, 1.82) is 0 Å². The van der Waals surface area contributed by atoms with Gasteiger partial charge in [-0.15, -0.1) is 11.8 Å². The standard InChI is InChI=1S/C9H17N3S/c1-9(2,3)12-7(5-10)8(13-4)6-11-12/h6H,5,10H2,1-4H3. The van der Waals surface area contributed by atoms with Gasteiger partial charge in [-0.2, -0.15) is 5.10 Å². The minimum atomic E-state index is 0.0166. The van der Waals surface area contributed by atoms with Crippen molar-refractivity contribution in [3.8, 4) is 0 Å². The second kappa shape index (κ2) is 3.72. The lowest BCUT2D eigenvalue weighted by Gasteiger charge is -2.22. The molecule has 0 atom stereocenters. The van der Waals surface area contributed by atoms with Crippen molar-refractivity contribution in [3.05, 3.63) is 11.9 Å². The largest absolute Gasteiger partial charge is 0.325 e. The lowest BCUT2D eigenvalue weighted by molar-refractivity contribution is 0.342. The minimum Gasteiger partial charge on any atom is -0.325 e. The molecule has 0 aliphatic heterocycles. The monoisotopic (exact) mass is 199 g/mol. The molecule has 0 fully saturated rings. The minimum absolute atomic E-state index is 0.0166. The highest BCUT2D eigenvalue weighted by Gasteiger charge is 2.19. The number of hydrogen-bond donors (Lipinski definition) is 1. The molecule has 1 aromatic rings. The molecule has 0 amide bonds. The molecule has 2 N–H and O–H groups in total. The van der Waals surface area contributed by atoms with Crippen molar-refractivity contribution >= 4 is 11.8 Å². The first-order valence-electron chi connectivity index (χ1n) is 4.32. The molecule has 4 heteroatoms. The summed E-state index contributed by atoms with van der Waals surface area (Å²) in [7, 11) is 0. The highest BCUT2D eigenvalue weighted by Crippen LogP contribution is 2.24. The van der Waals surface area contributed by atoms with Crippen molar-refractivity contribution in [1.82, 2.24) is 9.78 Å². The average molecular weight is 199 g/mol. The van der Waals surface area contributed by atoms with Crippen LogP contribution in [0.4, 0.5) is 0 Å². The zero-order valence-electron chi connectivity index (χ0n) is 8.66. The number of thioether (sulfide) groups is 1. The van der Waals surface area contributed by atoms with Crippen LogP contribution in [0, 0.1) is 0 Å².